The Morgan fingerprint density at radius 2 is 1.94 bits per heavy atom. The van der Waals surface area contributed by atoms with Crippen LogP contribution in [0.15, 0.2) is 18.2 Å². The molecule has 1 saturated carbocycles. The van der Waals surface area contributed by atoms with Gasteiger partial charge >= 0.3 is 0 Å². The molecule has 1 aromatic rings. The average Bonchev–Trinajstić information content (AvgIpc) is 3.13. The van der Waals surface area contributed by atoms with E-state index in [0.717, 1.165) is 24.4 Å². The van der Waals surface area contributed by atoms with Crippen molar-refractivity contribution in [3.8, 4) is 0 Å². The fourth-order valence-electron chi connectivity index (χ4n) is 2.68. The van der Waals surface area contributed by atoms with Crippen LogP contribution in [0.2, 0.25) is 5.02 Å². The number of halogens is 1. The summed E-state index contributed by atoms with van der Waals surface area (Å²) in [5.74, 6) is 0.588. The number of nitrogens with two attached hydrogens (primary N) is 1. The van der Waals surface area contributed by atoms with E-state index in [0.29, 0.717) is 5.92 Å². The molecule has 0 heterocycles. The van der Waals surface area contributed by atoms with Crippen molar-refractivity contribution < 1.29 is 0 Å². The molecule has 0 spiro atoms. The number of hydrogen-bond donors (Lipinski definition) is 1. The molecule has 2 rings (SSSR count). The lowest BCUT2D eigenvalue weighted by Crippen LogP contribution is -2.19. The first kappa shape index (κ1) is 12.9. The van der Waals surface area contributed by atoms with Crippen molar-refractivity contribution in [2.24, 2.45) is 5.73 Å². The summed E-state index contributed by atoms with van der Waals surface area (Å²) in [5.41, 5.74) is 8.74. The molecule has 0 atom stereocenters. The van der Waals surface area contributed by atoms with Crippen LogP contribution < -0.4 is 5.73 Å². The second-order valence-corrected chi connectivity index (χ2v) is 5.64. The van der Waals surface area contributed by atoms with Crippen molar-refractivity contribution >= 4 is 11.6 Å². The van der Waals surface area contributed by atoms with E-state index >= 15 is 0 Å². The molecule has 0 aliphatic heterocycles. The second-order valence-electron chi connectivity index (χ2n) is 5.23. The summed E-state index contributed by atoms with van der Waals surface area (Å²) in [6, 6.07) is 6.60. The van der Waals surface area contributed by atoms with Gasteiger partial charge in [0.25, 0.3) is 0 Å². The van der Waals surface area contributed by atoms with E-state index in [1.54, 1.807) is 0 Å². The minimum Gasteiger partial charge on any atom is -0.330 e. The topological polar surface area (TPSA) is 26.0 Å². The predicted octanol–water partition coefficient (Wildman–Crippen LogP) is 4.23. The number of rotatable bonds is 5. The van der Waals surface area contributed by atoms with E-state index < -0.39 is 0 Å². The molecule has 94 valence electrons. The third kappa shape index (κ3) is 2.36. The number of benzene rings is 1. The molecule has 2 N–H and O–H groups in total. The van der Waals surface area contributed by atoms with Gasteiger partial charge in [-0.25, -0.2) is 0 Å². The van der Waals surface area contributed by atoms with Crippen molar-refractivity contribution in [1.29, 1.82) is 0 Å². The maximum Gasteiger partial charge on any atom is 0.0443 e. The van der Waals surface area contributed by atoms with E-state index in [1.165, 1.54) is 24.0 Å². The molecule has 0 aromatic heterocycles. The molecule has 17 heavy (non-hydrogen) atoms. The van der Waals surface area contributed by atoms with Crippen LogP contribution >= 0.6 is 11.6 Å². The summed E-state index contributed by atoms with van der Waals surface area (Å²) in [6.07, 6.45) is 4.73. The van der Waals surface area contributed by atoms with E-state index in [2.05, 4.69) is 32.0 Å². The zero-order chi connectivity index (χ0) is 12.5. The molecule has 0 bridgehead atoms. The van der Waals surface area contributed by atoms with Gasteiger partial charge < -0.3 is 5.73 Å². The third-order valence-corrected chi connectivity index (χ3v) is 4.61. The highest BCUT2D eigenvalue weighted by atomic mass is 35.5. The van der Waals surface area contributed by atoms with Crippen LogP contribution in [0.3, 0.4) is 0 Å². The Balaban J connectivity index is 2.29. The van der Waals surface area contributed by atoms with Gasteiger partial charge in [-0.1, -0.05) is 37.6 Å². The summed E-state index contributed by atoms with van der Waals surface area (Å²) >= 11 is 6.43. The minimum atomic E-state index is 0.246. The molecule has 1 aliphatic rings. The quantitative estimate of drug-likeness (QED) is 0.833. The van der Waals surface area contributed by atoms with Gasteiger partial charge in [0.15, 0.2) is 0 Å². The molecule has 1 fully saturated rings. The first-order chi connectivity index (χ1) is 8.16. The molecule has 0 radical (unpaired) electrons. The largest absolute Gasteiger partial charge is 0.330 e. The highest BCUT2D eigenvalue weighted by molar-refractivity contribution is 6.31. The molecule has 0 amide bonds. The van der Waals surface area contributed by atoms with E-state index in [9.17, 15) is 0 Å². The van der Waals surface area contributed by atoms with E-state index in [1.807, 2.05) is 0 Å². The lowest BCUT2D eigenvalue weighted by atomic mass is 9.89. The first-order valence-electron chi connectivity index (χ1n) is 6.67. The van der Waals surface area contributed by atoms with Crippen LogP contribution in [0.1, 0.15) is 56.6 Å². The normalized spacial score (nSPS) is 17.5. The van der Waals surface area contributed by atoms with Gasteiger partial charge in [-0.15, -0.1) is 0 Å². The zero-order valence-electron chi connectivity index (χ0n) is 10.8. The predicted molar refractivity (Wildman–Crippen MR) is 74.7 cm³/mol. The molecule has 1 aromatic carbocycles. The third-order valence-electron chi connectivity index (χ3n) is 4.28. The Hall–Kier alpha value is -0.530. The highest BCUT2D eigenvalue weighted by Crippen LogP contribution is 2.48. The summed E-state index contributed by atoms with van der Waals surface area (Å²) < 4.78 is 0. The lowest BCUT2D eigenvalue weighted by Gasteiger charge is -2.18. The van der Waals surface area contributed by atoms with Crippen molar-refractivity contribution in [2.75, 3.05) is 6.54 Å². The highest BCUT2D eigenvalue weighted by Gasteiger charge is 2.42. The molecular formula is C15H22ClN. The monoisotopic (exact) mass is 251 g/mol. The Morgan fingerprint density at radius 3 is 2.35 bits per heavy atom. The summed E-state index contributed by atoms with van der Waals surface area (Å²) in [7, 11) is 0. The van der Waals surface area contributed by atoms with Crippen molar-refractivity contribution in [2.45, 2.75) is 50.9 Å². The lowest BCUT2D eigenvalue weighted by molar-refractivity contribution is 0.640. The Labute approximate surface area is 109 Å². The summed E-state index contributed by atoms with van der Waals surface area (Å²) in [5, 5.41) is 0.927. The summed E-state index contributed by atoms with van der Waals surface area (Å²) in [4.78, 5) is 0. The summed E-state index contributed by atoms with van der Waals surface area (Å²) in [6.45, 7) is 5.19. The first-order valence-corrected chi connectivity index (χ1v) is 7.04. The fraction of sp³-hybridized carbons (Fsp3) is 0.600. The van der Waals surface area contributed by atoms with Crippen LogP contribution in [0.25, 0.3) is 0 Å². The van der Waals surface area contributed by atoms with Gasteiger partial charge in [0.1, 0.15) is 0 Å². The van der Waals surface area contributed by atoms with Crippen LogP contribution in [0, 0.1) is 0 Å². The van der Waals surface area contributed by atoms with Gasteiger partial charge in [-0.3, -0.25) is 0 Å². The van der Waals surface area contributed by atoms with E-state index in [4.69, 9.17) is 17.3 Å². The molecule has 1 nitrogen and oxygen atoms in total. The Morgan fingerprint density at radius 1 is 1.29 bits per heavy atom. The van der Waals surface area contributed by atoms with Crippen molar-refractivity contribution in [3.05, 3.63) is 34.3 Å². The molecule has 0 saturated heterocycles. The van der Waals surface area contributed by atoms with Gasteiger partial charge in [0, 0.05) is 17.0 Å². The van der Waals surface area contributed by atoms with Crippen LogP contribution in [-0.2, 0) is 5.41 Å². The van der Waals surface area contributed by atoms with Crippen LogP contribution in [0.4, 0.5) is 0 Å². The Bertz CT molecular complexity index is 392. The van der Waals surface area contributed by atoms with Crippen molar-refractivity contribution in [3.63, 3.8) is 0 Å². The molecule has 0 unspecified atom stereocenters. The van der Waals surface area contributed by atoms with E-state index in [-0.39, 0.29) is 5.41 Å². The van der Waals surface area contributed by atoms with Gasteiger partial charge in [-0.05, 0) is 48.8 Å². The average molecular weight is 252 g/mol. The second kappa shape index (κ2) is 4.99. The van der Waals surface area contributed by atoms with Gasteiger partial charge in [-0.2, -0.15) is 0 Å². The van der Waals surface area contributed by atoms with Crippen LogP contribution in [-0.4, -0.2) is 6.54 Å². The van der Waals surface area contributed by atoms with Gasteiger partial charge in [0.05, 0.1) is 0 Å². The zero-order valence-corrected chi connectivity index (χ0v) is 11.6. The maximum atomic E-state index is 6.43. The fourth-order valence-corrected chi connectivity index (χ4v) is 3.01. The minimum absolute atomic E-state index is 0.246. The molecule has 1 aliphatic carbocycles. The van der Waals surface area contributed by atoms with Crippen LogP contribution in [0.5, 0.6) is 0 Å². The molecule has 2 heteroatoms. The van der Waals surface area contributed by atoms with Crippen molar-refractivity contribution in [1.82, 2.24) is 0 Å². The molecular weight excluding hydrogens is 230 g/mol. The standard InChI is InChI=1S/C15H22ClN/c1-3-11(4-2)13-6-5-12(9-14(13)16)15(10-17)7-8-15/h5-6,9,11H,3-4,7-8,10,17H2,1-2H3. The maximum absolute atomic E-state index is 6.43. The Kier molecular flexibility index (Phi) is 3.79. The number of hydrogen-bond acceptors (Lipinski definition) is 1. The SMILES string of the molecule is CCC(CC)c1ccc(C2(CN)CC2)cc1Cl. The van der Waals surface area contributed by atoms with Gasteiger partial charge in [0.2, 0.25) is 0 Å². The smallest absolute Gasteiger partial charge is 0.0443 e.